The molecule has 0 aliphatic rings. The Balaban J connectivity index is 1.35. The first-order chi connectivity index (χ1) is 14.6. The summed E-state index contributed by atoms with van der Waals surface area (Å²) in [5, 5.41) is 4.48. The summed E-state index contributed by atoms with van der Waals surface area (Å²) in [7, 11) is 0. The van der Waals surface area contributed by atoms with Gasteiger partial charge in [0.1, 0.15) is 11.6 Å². The number of anilines is 1. The number of rotatable bonds is 7. The normalized spacial score (nSPS) is 10.9. The molecule has 3 heterocycles. The standard InChI is InChI=1S/C22H18ClFN4O2/c23-18-4-1-5-19(24)16(18)8-10-29-21-7-6-14(13-27-21)11-15-12-20(30-28-15)17-3-2-9-26-22(17)25/h1-7,9,12-13H,8,10-11H2,(H2,25,26). The van der Waals surface area contributed by atoms with E-state index < -0.39 is 0 Å². The molecule has 0 unspecified atom stereocenters. The highest BCUT2D eigenvalue weighted by Gasteiger charge is 2.11. The molecule has 2 N–H and O–H groups in total. The molecule has 0 aliphatic heterocycles. The summed E-state index contributed by atoms with van der Waals surface area (Å²) < 4.78 is 24.8. The van der Waals surface area contributed by atoms with E-state index in [-0.39, 0.29) is 12.4 Å². The molecule has 4 rings (SSSR count). The second kappa shape index (κ2) is 8.92. The number of pyridine rings is 2. The van der Waals surface area contributed by atoms with Crippen molar-refractivity contribution in [2.75, 3.05) is 12.3 Å². The van der Waals surface area contributed by atoms with E-state index in [1.54, 1.807) is 36.7 Å². The van der Waals surface area contributed by atoms with E-state index in [1.807, 2.05) is 18.2 Å². The maximum atomic E-state index is 13.8. The van der Waals surface area contributed by atoms with Crippen molar-refractivity contribution in [3.63, 3.8) is 0 Å². The van der Waals surface area contributed by atoms with Gasteiger partial charge >= 0.3 is 0 Å². The molecule has 152 valence electrons. The Morgan fingerprint density at radius 1 is 1.10 bits per heavy atom. The van der Waals surface area contributed by atoms with Crippen LogP contribution in [0.25, 0.3) is 11.3 Å². The van der Waals surface area contributed by atoms with Gasteiger partial charge in [0.25, 0.3) is 0 Å². The van der Waals surface area contributed by atoms with Crippen LogP contribution in [0.3, 0.4) is 0 Å². The molecule has 3 aromatic heterocycles. The van der Waals surface area contributed by atoms with E-state index in [9.17, 15) is 4.39 Å². The Morgan fingerprint density at radius 2 is 2.00 bits per heavy atom. The van der Waals surface area contributed by atoms with Gasteiger partial charge in [0, 0.05) is 48.0 Å². The van der Waals surface area contributed by atoms with Gasteiger partial charge in [-0.15, -0.1) is 0 Å². The van der Waals surface area contributed by atoms with Crippen LogP contribution < -0.4 is 10.5 Å². The maximum absolute atomic E-state index is 13.8. The summed E-state index contributed by atoms with van der Waals surface area (Å²) in [6, 6.07) is 13.7. The van der Waals surface area contributed by atoms with E-state index >= 15 is 0 Å². The molecular weight excluding hydrogens is 407 g/mol. The van der Waals surface area contributed by atoms with E-state index in [2.05, 4.69) is 15.1 Å². The summed E-state index contributed by atoms with van der Waals surface area (Å²) >= 11 is 6.02. The van der Waals surface area contributed by atoms with Crippen LogP contribution in [0.15, 0.2) is 65.4 Å². The lowest BCUT2D eigenvalue weighted by Gasteiger charge is -2.08. The molecule has 0 fully saturated rings. The highest BCUT2D eigenvalue weighted by atomic mass is 35.5. The average molecular weight is 425 g/mol. The van der Waals surface area contributed by atoms with Crippen LogP contribution in [-0.2, 0) is 12.8 Å². The minimum Gasteiger partial charge on any atom is -0.477 e. The van der Waals surface area contributed by atoms with Crippen molar-refractivity contribution in [3.05, 3.63) is 88.6 Å². The van der Waals surface area contributed by atoms with Gasteiger partial charge in [-0.2, -0.15) is 0 Å². The lowest BCUT2D eigenvalue weighted by molar-refractivity contribution is 0.307. The van der Waals surface area contributed by atoms with E-state index in [0.29, 0.717) is 46.4 Å². The Morgan fingerprint density at radius 3 is 2.77 bits per heavy atom. The number of nitrogen functional groups attached to an aromatic ring is 1. The summed E-state index contributed by atoms with van der Waals surface area (Å²) in [5.41, 5.74) is 8.70. The molecule has 0 amide bonds. The lowest BCUT2D eigenvalue weighted by Crippen LogP contribution is -2.05. The van der Waals surface area contributed by atoms with Crippen LogP contribution >= 0.6 is 11.6 Å². The number of nitrogens with two attached hydrogens (primary N) is 1. The molecule has 8 heteroatoms. The zero-order valence-corrected chi connectivity index (χ0v) is 16.6. The molecule has 0 saturated heterocycles. The molecule has 0 spiro atoms. The first-order valence-corrected chi connectivity index (χ1v) is 9.65. The number of benzene rings is 1. The number of hydrogen-bond donors (Lipinski definition) is 1. The quantitative estimate of drug-likeness (QED) is 0.462. The van der Waals surface area contributed by atoms with Crippen molar-refractivity contribution in [2.24, 2.45) is 0 Å². The molecule has 30 heavy (non-hydrogen) atoms. The fourth-order valence-corrected chi connectivity index (χ4v) is 3.24. The van der Waals surface area contributed by atoms with Crippen molar-refractivity contribution >= 4 is 17.4 Å². The number of hydrogen-bond acceptors (Lipinski definition) is 6. The second-order valence-electron chi connectivity index (χ2n) is 6.60. The largest absolute Gasteiger partial charge is 0.477 e. The predicted octanol–water partition coefficient (Wildman–Crippen LogP) is 4.72. The highest BCUT2D eigenvalue weighted by molar-refractivity contribution is 6.31. The van der Waals surface area contributed by atoms with E-state index in [4.69, 9.17) is 26.6 Å². The maximum Gasteiger partial charge on any atom is 0.213 e. The molecule has 0 bridgehead atoms. The van der Waals surface area contributed by atoms with Gasteiger partial charge in [-0.25, -0.2) is 14.4 Å². The van der Waals surface area contributed by atoms with Crippen LogP contribution in [0.5, 0.6) is 5.88 Å². The van der Waals surface area contributed by atoms with Gasteiger partial charge in [0.2, 0.25) is 5.88 Å². The third-order valence-corrected chi connectivity index (χ3v) is 4.86. The van der Waals surface area contributed by atoms with Gasteiger partial charge in [0.15, 0.2) is 5.76 Å². The van der Waals surface area contributed by atoms with Gasteiger partial charge in [-0.05, 0) is 29.8 Å². The first kappa shape index (κ1) is 19.8. The molecule has 4 aromatic rings. The van der Waals surface area contributed by atoms with E-state index in [0.717, 1.165) is 11.3 Å². The Hall–Kier alpha value is -3.45. The molecule has 6 nitrogen and oxygen atoms in total. The zero-order chi connectivity index (χ0) is 20.9. The van der Waals surface area contributed by atoms with E-state index in [1.165, 1.54) is 6.07 Å². The van der Waals surface area contributed by atoms with Crippen LogP contribution in [0, 0.1) is 5.82 Å². The average Bonchev–Trinajstić information content (AvgIpc) is 3.20. The van der Waals surface area contributed by atoms with Gasteiger partial charge < -0.3 is 15.0 Å². The third-order valence-electron chi connectivity index (χ3n) is 4.51. The predicted molar refractivity (Wildman–Crippen MR) is 112 cm³/mol. The molecule has 0 saturated carbocycles. The molecule has 1 aromatic carbocycles. The molecule has 0 atom stereocenters. The van der Waals surface area contributed by atoms with Crippen molar-refractivity contribution in [3.8, 4) is 17.2 Å². The minimum absolute atomic E-state index is 0.270. The summed E-state index contributed by atoms with van der Waals surface area (Å²) in [6.07, 6.45) is 4.23. The smallest absolute Gasteiger partial charge is 0.213 e. The third kappa shape index (κ3) is 4.58. The number of ether oxygens (including phenoxy) is 1. The monoisotopic (exact) mass is 424 g/mol. The Bertz CT molecular complexity index is 1130. The molecule has 0 aliphatic carbocycles. The van der Waals surface area contributed by atoms with Crippen molar-refractivity contribution in [2.45, 2.75) is 12.8 Å². The first-order valence-electron chi connectivity index (χ1n) is 9.27. The van der Waals surface area contributed by atoms with Crippen molar-refractivity contribution in [1.29, 1.82) is 0 Å². The zero-order valence-electron chi connectivity index (χ0n) is 15.9. The van der Waals surface area contributed by atoms with Crippen LogP contribution in [-0.4, -0.2) is 21.7 Å². The Kier molecular flexibility index (Phi) is 5.90. The Labute approximate surface area is 177 Å². The van der Waals surface area contributed by atoms with Crippen LogP contribution in [0.1, 0.15) is 16.8 Å². The lowest BCUT2D eigenvalue weighted by atomic mass is 10.1. The minimum atomic E-state index is -0.338. The SMILES string of the molecule is Nc1ncccc1-c1cc(Cc2ccc(OCCc3c(F)cccc3Cl)nc2)no1. The number of halogens is 2. The topological polar surface area (TPSA) is 87.1 Å². The highest BCUT2D eigenvalue weighted by Crippen LogP contribution is 2.25. The second-order valence-corrected chi connectivity index (χ2v) is 7.01. The van der Waals surface area contributed by atoms with Gasteiger partial charge in [-0.1, -0.05) is 28.9 Å². The molecule has 0 radical (unpaired) electrons. The number of nitrogens with zero attached hydrogens (tertiary/aromatic N) is 3. The van der Waals surface area contributed by atoms with Crippen molar-refractivity contribution < 1.29 is 13.7 Å². The van der Waals surface area contributed by atoms with Gasteiger partial charge in [0.05, 0.1) is 17.9 Å². The summed E-state index contributed by atoms with van der Waals surface area (Å²) in [4.78, 5) is 8.34. The van der Waals surface area contributed by atoms with Crippen molar-refractivity contribution in [1.82, 2.24) is 15.1 Å². The fourth-order valence-electron chi connectivity index (χ4n) is 2.99. The van der Waals surface area contributed by atoms with Crippen LogP contribution in [0.4, 0.5) is 10.2 Å². The molecular formula is C22H18ClFN4O2. The number of aromatic nitrogens is 3. The summed E-state index contributed by atoms with van der Waals surface area (Å²) in [6.45, 7) is 0.270. The summed E-state index contributed by atoms with van der Waals surface area (Å²) in [5.74, 6) is 1.07. The van der Waals surface area contributed by atoms with Gasteiger partial charge in [-0.3, -0.25) is 0 Å². The fraction of sp³-hybridized carbons (Fsp3) is 0.136. The van der Waals surface area contributed by atoms with Crippen LogP contribution in [0.2, 0.25) is 5.02 Å².